The summed E-state index contributed by atoms with van der Waals surface area (Å²) in [6.07, 6.45) is 2.40. The molecule has 3 aromatic rings. The molecule has 0 fully saturated rings. The molecule has 0 saturated heterocycles. The van der Waals surface area contributed by atoms with Crippen molar-refractivity contribution in [3.05, 3.63) is 53.5 Å². The Morgan fingerprint density at radius 1 is 1.26 bits per heavy atom. The number of rotatable bonds is 5. The number of aromatic amines is 1. The van der Waals surface area contributed by atoms with Crippen molar-refractivity contribution in [2.45, 2.75) is 39.1 Å². The Morgan fingerprint density at radius 2 is 2.07 bits per heavy atom. The maximum Gasteiger partial charge on any atom is 0.118 e. The molecule has 1 aromatic carbocycles. The molecule has 0 spiro atoms. The topological polar surface area (TPSA) is 79.2 Å². The number of ether oxygens (including phenoxy) is 1. The number of fused-ring (bicyclic) bond motifs is 1. The van der Waals surface area contributed by atoms with Gasteiger partial charge in [0.25, 0.3) is 0 Å². The quantitative estimate of drug-likeness (QED) is 0.725. The Balaban J connectivity index is 1.53. The summed E-state index contributed by atoms with van der Waals surface area (Å²) >= 11 is 0. The van der Waals surface area contributed by atoms with E-state index in [0.717, 1.165) is 61.0 Å². The summed E-state index contributed by atoms with van der Waals surface area (Å²) in [4.78, 5) is 2.41. The summed E-state index contributed by atoms with van der Waals surface area (Å²) in [5, 5.41) is 21.7. The van der Waals surface area contributed by atoms with Gasteiger partial charge in [-0.1, -0.05) is 0 Å². The van der Waals surface area contributed by atoms with Crippen molar-refractivity contribution in [2.75, 3.05) is 13.7 Å². The van der Waals surface area contributed by atoms with Gasteiger partial charge in [-0.25, -0.2) is 0 Å². The molecule has 7 nitrogen and oxygen atoms in total. The summed E-state index contributed by atoms with van der Waals surface area (Å²) in [6.45, 7) is 5.27. The van der Waals surface area contributed by atoms with Crippen molar-refractivity contribution in [1.29, 1.82) is 0 Å². The van der Waals surface area contributed by atoms with E-state index in [1.165, 1.54) is 5.56 Å². The zero-order valence-corrected chi connectivity index (χ0v) is 15.7. The Morgan fingerprint density at radius 3 is 2.81 bits per heavy atom. The standard InChI is InChI=1S/C20H25N5O2/c1-14(26)19-10-17-13-24(8-3-9-25(17)23-19)12-16-11-21-22-20(16)15-4-6-18(27-2)7-5-15/h4-7,10-11,14,26H,3,8-9,12-13H2,1-2H3,(H,21,22)/t14-/m1/s1. The van der Waals surface area contributed by atoms with Gasteiger partial charge in [0.05, 0.1) is 36.5 Å². The fourth-order valence-electron chi connectivity index (χ4n) is 3.57. The molecular formula is C20H25N5O2. The van der Waals surface area contributed by atoms with Crippen LogP contribution in [0, 0.1) is 0 Å². The molecule has 1 aliphatic rings. The first kappa shape index (κ1) is 17.8. The molecule has 7 heteroatoms. The molecule has 0 saturated carbocycles. The van der Waals surface area contributed by atoms with Gasteiger partial charge in [0.1, 0.15) is 5.75 Å². The molecule has 0 radical (unpaired) electrons. The van der Waals surface area contributed by atoms with Crippen LogP contribution >= 0.6 is 0 Å². The first-order valence-corrected chi connectivity index (χ1v) is 9.28. The second kappa shape index (κ2) is 7.54. The second-order valence-electron chi connectivity index (χ2n) is 7.02. The normalized spacial score (nSPS) is 16.0. The number of H-pyrrole nitrogens is 1. The van der Waals surface area contributed by atoms with Gasteiger partial charge < -0.3 is 9.84 Å². The maximum atomic E-state index is 9.81. The predicted octanol–water partition coefficient (Wildman–Crippen LogP) is 2.74. The van der Waals surface area contributed by atoms with Crippen LogP contribution in [0.2, 0.25) is 0 Å². The number of hydrogen-bond acceptors (Lipinski definition) is 5. The molecule has 0 unspecified atom stereocenters. The summed E-state index contributed by atoms with van der Waals surface area (Å²) in [6, 6.07) is 10.0. The van der Waals surface area contributed by atoms with E-state index in [4.69, 9.17) is 4.74 Å². The lowest BCUT2D eigenvalue weighted by Crippen LogP contribution is -2.22. The monoisotopic (exact) mass is 367 g/mol. The van der Waals surface area contributed by atoms with Crippen LogP contribution in [0.5, 0.6) is 5.75 Å². The average Bonchev–Trinajstić information content (AvgIpc) is 3.25. The number of aliphatic hydroxyl groups is 1. The third-order valence-corrected chi connectivity index (χ3v) is 5.03. The van der Waals surface area contributed by atoms with Crippen molar-refractivity contribution >= 4 is 0 Å². The Hall–Kier alpha value is -2.64. The van der Waals surface area contributed by atoms with Crippen molar-refractivity contribution in [2.24, 2.45) is 0 Å². The molecule has 2 aromatic heterocycles. The van der Waals surface area contributed by atoms with Crippen LogP contribution < -0.4 is 4.74 Å². The van der Waals surface area contributed by atoms with Crippen LogP contribution in [-0.2, 0) is 19.6 Å². The van der Waals surface area contributed by atoms with Crippen LogP contribution in [0.4, 0.5) is 0 Å². The van der Waals surface area contributed by atoms with E-state index >= 15 is 0 Å². The lowest BCUT2D eigenvalue weighted by molar-refractivity contribution is 0.193. The molecule has 0 amide bonds. The Labute approximate surface area is 158 Å². The maximum absolute atomic E-state index is 9.81. The van der Waals surface area contributed by atoms with Crippen molar-refractivity contribution in [3.8, 4) is 17.0 Å². The molecule has 2 N–H and O–H groups in total. The van der Waals surface area contributed by atoms with E-state index < -0.39 is 6.10 Å². The number of aryl methyl sites for hydroxylation is 1. The van der Waals surface area contributed by atoms with Crippen molar-refractivity contribution in [3.63, 3.8) is 0 Å². The molecule has 142 valence electrons. The summed E-state index contributed by atoms with van der Waals surface area (Å²) in [7, 11) is 1.67. The number of benzene rings is 1. The lowest BCUT2D eigenvalue weighted by atomic mass is 10.1. The molecule has 0 bridgehead atoms. The fourth-order valence-corrected chi connectivity index (χ4v) is 3.57. The number of aromatic nitrogens is 4. The van der Waals surface area contributed by atoms with E-state index in [-0.39, 0.29) is 0 Å². The summed E-state index contributed by atoms with van der Waals surface area (Å²) in [5.41, 5.74) is 5.20. The van der Waals surface area contributed by atoms with E-state index in [1.807, 2.05) is 41.2 Å². The van der Waals surface area contributed by atoms with Gasteiger partial charge in [-0.2, -0.15) is 10.2 Å². The third-order valence-electron chi connectivity index (χ3n) is 5.03. The Kier molecular flexibility index (Phi) is 4.96. The zero-order chi connectivity index (χ0) is 18.8. The van der Waals surface area contributed by atoms with Gasteiger partial charge in [0.15, 0.2) is 0 Å². The first-order valence-electron chi connectivity index (χ1n) is 9.28. The van der Waals surface area contributed by atoms with Crippen LogP contribution in [0.25, 0.3) is 11.3 Å². The number of nitrogens with one attached hydrogen (secondary N) is 1. The van der Waals surface area contributed by atoms with Gasteiger partial charge in [-0.15, -0.1) is 0 Å². The molecule has 1 atom stereocenters. The highest BCUT2D eigenvalue weighted by atomic mass is 16.5. The van der Waals surface area contributed by atoms with Crippen LogP contribution in [0.3, 0.4) is 0 Å². The number of nitrogens with zero attached hydrogens (tertiary/aromatic N) is 4. The van der Waals surface area contributed by atoms with E-state index in [9.17, 15) is 5.11 Å². The number of hydrogen-bond donors (Lipinski definition) is 2. The Bertz CT molecular complexity index is 897. The minimum absolute atomic E-state index is 0.534. The van der Waals surface area contributed by atoms with Crippen LogP contribution in [-0.4, -0.2) is 43.6 Å². The number of aliphatic hydroxyl groups excluding tert-OH is 1. The SMILES string of the molecule is COc1ccc(-c2[nH]ncc2CN2CCCn3nc([C@@H](C)O)cc3C2)cc1. The van der Waals surface area contributed by atoms with E-state index in [0.29, 0.717) is 0 Å². The van der Waals surface area contributed by atoms with Crippen molar-refractivity contribution < 1.29 is 9.84 Å². The van der Waals surface area contributed by atoms with Gasteiger partial charge in [-0.05, 0) is 43.7 Å². The van der Waals surface area contributed by atoms with Gasteiger partial charge >= 0.3 is 0 Å². The third kappa shape index (κ3) is 3.74. The minimum atomic E-state index is -0.534. The summed E-state index contributed by atoms with van der Waals surface area (Å²) in [5.74, 6) is 0.842. The lowest BCUT2D eigenvalue weighted by Gasteiger charge is -2.19. The van der Waals surface area contributed by atoms with Crippen LogP contribution in [0.15, 0.2) is 36.5 Å². The largest absolute Gasteiger partial charge is 0.497 e. The summed E-state index contributed by atoms with van der Waals surface area (Å²) < 4.78 is 7.27. The van der Waals surface area contributed by atoms with Gasteiger partial charge in [0, 0.05) is 37.3 Å². The zero-order valence-electron chi connectivity index (χ0n) is 15.7. The average molecular weight is 367 g/mol. The number of methoxy groups -OCH3 is 1. The van der Waals surface area contributed by atoms with Gasteiger partial charge in [0.2, 0.25) is 0 Å². The molecule has 0 aliphatic carbocycles. The minimum Gasteiger partial charge on any atom is -0.497 e. The van der Waals surface area contributed by atoms with E-state index in [2.05, 4.69) is 20.2 Å². The van der Waals surface area contributed by atoms with Crippen molar-refractivity contribution in [1.82, 2.24) is 24.9 Å². The van der Waals surface area contributed by atoms with Crippen LogP contribution in [0.1, 0.15) is 36.4 Å². The highest BCUT2D eigenvalue weighted by Gasteiger charge is 2.20. The molecule has 3 heterocycles. The highest BCUT2D eigenvalue weighted by Crippen LogP contribution is 2.26. The highest BCUT2D eigenvalue weighted by molar-refractivity contribution is 5.63. The second-order valence-corrected chi connectivity index (χ2v) is 7.02. The fraction of sp³-hybridized carbons (Fsp3) is 0.400. The van der Waals surface area contributed by atoms with E-state index in [1.54, 1.807) is 14.0 Å². The smallest absolute Gasteiger partial charge is 0.118 e. The molecule has 4 rings (SSSR count). The molecular weight excluding hydrogens is 342 g/mol. The molecule has 27 heavy (non-hydrogen) atoms. The molecule has 1 aliphatic heterocycles. The predicted molar refractivity (Wildman–Crippen MR) is 102 cm³/mol. The first-order chi connectivity index (χ1) is 13.1. The van der Waals surface area contributed by atoms with Gasteiger partial charge in [-0.3, -0.25) is 14.7 Å².